The van der Waals surface area contributed by atoms with Gasteiger partial charge in [0.25, 0.3) is 0 Å². The molecule has 0 bridgehead atoms. The Morgan fingerprint density at radius 2 is 1.69 bits per heavy atom. The molecule has 88 valence electrons. The number of carbonyl (C=O) groups excluding carboxylic acids is 1. The lowest BCUT2D eigenvalue weighted by molar-refractivity contribution is 0.106. The van der Waals surface area contributed by atoms with Gasteiger partial charge in [-0.25, -0.2) is 8.42 Å². The molecule has 0 fully saturated rings. The number of rotatable bonds is 2. The van der Waals surface area contributed by atoms with E-state index in [9.17, 15) is 13.2 Å². The third kappa shape index (κ3) is 8.89. The van der Waals surface area contributed by atoms with Gasteiger partial charge in [0.05, 0.1) is 0 Å². The first-order valence-electron chi connectivity index (χ1n) is 4.26. The summed E-state index contributed by atoms with van der Waals surface area (Å²) in [6.45, 7) is 0. The van der Waals surface area contributed by atoms with Crippen molar-refractivity contribution in [1.29, 1.82) is 0 Å². The van der Waals surface area contributed by atoms with Crippen molar-refractivity contribution in [2.24, 2.45) is 5.16 Å². The topological polar surface area (TPSA) is 83.8 Å². The second kappa shape index (κ2) is 6.73. The zero-order chi connectivity index (χ0) is 12.6. The van der Waals surface area contributed by atoms with Crippen LogP contribution in [-0.2, 0) is 9.84 Å². The number of sulfone groups is 1. The van der Waals surface area contributed by atoms with Crippen molar-refractivity contribution in [3.63, 3.8) is 0 Å². The number of benzene rings is 1. The summed E-state index contributed by atoms with van der Waals surface area (Å²) in [7, 11) is -2.67. The molecule has 0 radical (unpaired) electrons. The Bertz CT molecular complexity index is 443. The summed E-state index contributed by atoms with van der Waals surface area (Å²) in [5.74, 6) is -0.298. The standard InChI is InChI=1S/C8H7NO2.C2H6O2S/c10-8(6-9-11)7-4-2-1-3-5-7;1-5(2,3)4/h1-6,11H;1-2H3. The summed E-state index contributed by atoms with van der Waals surface area (Å²) >= 11 is 0. The predicted octanol–water partition coefficient (Wildman–Crippen LogP) is 0.990. The maximum absolute atomic E-state index is 10.9. The smallest absolute Gasteiger partial charge is 0.207 e. The minimum Gasteiger partial charge on any atom is -0.411 e. The second-order valence-corrected chi connectivity index (χ2v) is 5.40. The van der Waals surface area contributed by atoms with Crippen LogP contribution < -0.4 is 0 Å². The molecule has 0 aliphatic rings. The van der Waals surface area contributed by atoms with Crippen LogP contribution in [0, 0.1) is 0 Å². The van der Waals surface area contributed by atoms with E-state index in [1.807, 2.05) is 6.07 Å². The van der Waals surface area contributed by atoms with Crippen LogP contribution in [0.4, 0.5) is 0 Å². The highest BCUT2D eigenvalue weighted by atomic mass is 32.2. The fourth-order valence-corrected chi connectivity index (χ4v) is 0.729. The van der Waals surface area contributed by atoms with Crippen molar-refractivity contribution in [3.05, 3.63) is 35.9 Å². The molecular formula is C10H13NO4S. The van der Waals surface area contributed by atoms with Crippen LogP contribution >= 0.6 is 0 Å². The molecule has 0 aliphatic carbocycles. The number of hydrogen-bond donors (Lipinski definition) is 1. The molecule has 1 aromatic carbocycles. The van der Waals surface area contributed by atoms with E-state index in [0.717, 1.165) is 18.7 Å². The molecule has 0 aromatic heterocycles. The normalized spacial score (nSPS) is 10.6. The highest BCUT2D eigenvalue weighted by Gasteiger charge is 1.98. The van der Waals surface area contributed by atoms with Crippen molar-refractivity contribution >= 4 is 21.8 Å². The van der Waals surface area contributed by atoms with E-state index >= 15 is 0 Å². The molecule has 6 heteroatoms. The number of nitrogens with zero attached hydrogens (tertiary/aromatic N) is 1. The maximum Gasteiger partial charge on any atom is 0.207 e. The average molecular weight is 243 g/mol. The Balaban J connectivity index is 0.000000385. The van der Waals surface area contributed by atoms with Gasteiger partial charge in [-0.3, -0.25) is 4.79 Å². The van der Waals surface area contributed by atoms with Crippen molar-refractivity contribution in [3.8, 4) is 0 Å². The molecule has 0 spiro atoms. The lowest BCUT2D eigenvalue weighted by atomic mass is 10.1. The Labute approximate surface area is 94.3 Å². The zero-order valence-corrected chi connectivity index (χ0v) is 9.81. The van der Waals surface area contributed by atoms with Gasteiger partial charge in [-0.15, -0.1) is 0 Å². The molecule has 0 heterocycles. The molecule has 0 aliphatic heterocycles. The zero-order valence-electron chi connectivity index (χ0n) is 8.99. The van der Waals surface area contributed by atoms with Crippen molar-refractivity contribution < 1.29 is 18.4 Å². The van der Waals surface area contributed by atoms with Crippen LogP contribution in [0.2, 0.25) is 0 Å². The summed E-state index contributed by atoms with van der Waals surface area (Å²) in [5.41, 5.74) is 0.519. The largest absolute Gasteiger partial charge is 0.411 e. The van der Waals surface area contributed by atoms with Crippen LogP contribution in [-0.4, -0.2) is 38.1 Å². The summed E-state index contributed by atoms with van der Waals surface area (Å²) in [6.07, 6.45) is 3.19. The van der Waals surface area contributed by atoms with Crippen LogP contribution in [0.5, 0.6) is 0 Å². The Morgan fingerprint density at radius 3 is 2.06 bits per heavy atom. The number of carbonyl (C=O) groups is 1. The summed E-state index contributed by atoms with van der Waals surface area (Å²) in [6, 6.07) is 8.62. The highest BCUT2D eigenvalue weighted by Crippen LogP contribution is 1.97. The number of ketones is 1. The summed E-state index contributed by atoms with van der Waals surface area (Å²) < 4.78 is 19.3. The Morgan fingerprint density at radius 1 is 1.25 bits per heavy atom. The molecule has 0 unspecified atom stereocenters. The summed E-state index contributed by atoms with van der Waals surface area (Å²) in [4.78, 5) is 10.9. The van der Waals surface area contributed by atoms with Gasteiger partial charge in [0.1, 0.15) is 16.1 Å². The van der Waals surface area contributed by atoms with E-state index in [1.54, 1.807) is 24.3 Å². The van der Waals surface area contributed by atoms with Gasteiger partial charge in [-0.05, 0) is 0 Å². The minimum absolute atomic E-state index is 0.298. The van der Waals surface area contributed by atoms with Crippen LogP contribution in [0.3, 0.4) is 0 Å². The van der Waals surface area contributed by atoms with E-state index in [1.165, 1.54) is 0 Å². The number of oxime groups is 1. The first kappa shape index (κ1) is 14.3. The van der Waals surface area contributed by atoms with E-state index in [0.29, 0.717) is 5.56 Å². The molecular weight excluding hydrogens is 230 g/mol. The molecule has 0 saturated carbocycles. The lowest BCUT2D eigenvalue weighted by Crippen LogP contribution is -1.98. The first-order valence-corrected chi connectivity index (χ1v) is 6.56. The number of Topliss-reactive ketones (excluding diaryl/α,β-unsaturated/α-hetero) is 1. The van der Waals surface area contributed by atoms with Gasteiger partial charge in [0.15, 0.2) is 0 Å². The molecule has 1 N–H and O–H groups in total. The van der Waals surface area contributed by atoms with E-state index in [4.69, 9.17) is 5.21 Å². The lowest BCUT2D eigenvalue weighted by Gasteiger charge is -1.90. The van der Waals surface area contributed by atoms with Crippen molar-refractivity contribution in [2.45, 2.75) is 0 Å². The predicted molar refractivity (Wildman–Crippen MR) is 61.8 cm³/mol. The van der Waals surface area contributed by atoms with Gasteiger partial charge in [-0.2, -0.15) is 0 Å². The molecule has 0 atom stereocenters. The highest BCUT2D eigenvalue weighted by molar-refractivity contribution is 7.89. The van der Waals surface area contributed by atoms with Crippen LogP contribution in [0.1, 0.15) is 10.4 Å². The minimum atomic E-state index is -2.67. The van der Waals surface area contributed by atoms with Gasteiger partial charge in [0.2, 0.25) is 5.78 Å². The quantitative estimate of drug-likeness (QED) is 0.363. The van der Waals surface area contributed by atoms with E-state index < -0.39 is 9.84 Å². The fourth-order valence-electron chi connectivity index (χ4n) is 0.729. The fraction of sp³-hybridized carbons (Fsp3) is 0.200. The van der Waals surface area contributed by atoms with Gasteiger partial charge in [0, 0.05) is 18.1 Å². The molecule has 0 amide bonds. The number of hydrogen-bond acceptors (Lipinski definition) is 5. The van der Waals surface area contributed by atoms with E-state index in [2.05, 4.69) is 5.16 Å². The van der Waals surface area contributed by atoms with Gasteiger partial charge in [-0.1, -0.05) is 35.5 Å². The molecule has 1 aromatic rings. The SMILES string of the molecule is CS(C)(=O)=O.O=C(C=NO)c1ccccc1. The Hall–Kier alpha value is -1.69. The molecule has 1 rings (SSSR count). The van der Waals surface area contributed by atoms with Gasteiger partial charge >= 0.3 is 0 Å². The van der Waals surface area contributed by atoms with E-state index in [-0.39, 0.29) is 5.78 Å². The van der Waals surface area contributed by atoms with Crippen LogP contribution in [0.25, 0.3) is 0 Å². The summed E-state index contributed by atoms with van der Waals surface area (Å²) in [5, 5.41) is 10.7. The second-order valence-electron chi connectivity index (χ2n) is 3.12. The maximum atomic E-state index is 10.9. The molecule has 0 saturated heterocycles. The Kier molecular flexibility index (Phi) is 6.02. The third-order valence-corrected chi connectivity index (χ3v) is 1.23. The monoisotopic (exact) mass is 243 g/mol. The first-order chi connectivity index (χ1) is 7.34. The molecule has 5 nitrogen and oxygen atoms in total. The molecule has 16 heavy (non-hydrogen) atoms. The van der Waals surface area contributed by atoms with Crippen molar-refractivity contribution in [1.82, 2.24) is 0 Å². The van der Waals surface area contributed by atoms with Crippen LogP contribution in [0.15, 0.2) is 35.5 Å². The van der Waals surface area contributed by atoms with Crippen molar-refractivity contribution in [2.75, 3.05) is 12.5 Å². The van der Waals surface area contributed by atoms with Gasteiger partial charge < -0.3 is 5.21 Å². The third-order valence-electron chi connectivity index (χ3n) is 1.23. The average Bonchev–Trinajstić information content (AvgIpc) is 2.17.